The number of fused-ring (bicyclic) bond motifs is 5. The van der Waals surface area contributed by atoms with Gasteiger partial charge >= 0.3 is 0 Å². The van der Waals surface area contributed by atoms with Crippen molar-refractivity contribution in [2.75, 3.05) is 0 Å². The maximum atomic E-state index is 11.9. The Morgan fingerprint density at radius 1 is 1.12 bits per heavy atom. The SMILES string of the molecule is CC(C)=CC[C@H](O)[C@@H](C)[C@H]1[C@@H](O[C@@H]2O[C@@H](C)[C@H](O)[C@@H](O)[C@H]2O)C[C@H]2[C@@H]3CC=C4C[C@@H](O)CC[C@]4(C)[C@H]3[C@@H](O)C[C@]12C. The lowest BCUT2D eigenvalue weighted by atomic mass is 9.46. The van der Waals surface area contributed by atoms with Gasteiger partial charge in [0.1, 0.15) is 18.3 Å². The fourth-order valence-corrected chi connectivity index (χ4v) is 9.99. The minimum Gasteiger partial charge on any atom is -0.393 e. The smallest absolute Gasteiger partial charge is 0.186 e. The number of aliphatic hydroxyl groups excluding tert-OH is 6. The molecular weight excluding hydrogens is 524 g/mol. The van der Waals surface area contributed by atoms with Gasteiger partial charge in [-0.15, -0.1) is 0 Å². The molecule has 0 aromatic carbocycles. The Bertz CT molecular complexity index is 1010. The molecule has 16 atom stereocenters. The first kappa shape index (κ1) is 31.6. The highest BCUT2D eigenvalue weighted by Crippen LogP contribution is 2.68. The first-order valence-corrected chi connectivity index (χ1v) is 15.9. The molecule has 1 saturated heterocycles. The summed E-state index contributed by atoms with van der Waals surface area (Å²) < 4.78 is 12.5. The molecule has 234 valence electrons. The molecule has 0 unspecified atom stereocenters. The van der Waals surface area contributed by atoms with Crippen LogP contribution in [0.2, 0.25) is 0 Å². The van der Waals surface area contributed by atoms with E-state index < -0.39 is 42.9 Å². The van der Waals surface area contributed by atoms with Crippen LogP contribution >= 0.6 is 0 Å². The zero-order valence-electron chi connectivity index (χ0n) is 25.7. The van der Waals surface area contributed by atoms with Crippen LogP contribution in [0.3, 0.4) is 0 Å². The Hall–Kier alpha value is -0.840. The molecule has 1 aliphatic heterocycles. The molecule has 8 heteroatoms. The highest BCUT2D eigenvalue weighted by Gasteiger charge is 2.65. The van der Waals surface area contributed by atoms with E-state index >= 15 is 0 Å². The molecule has 0 aromatic rings. The third-order valence-electron chi connectivity index (χ3n) is 12.2. The van der Waals surface area contributed by atoms with Crippen molar-refractivity contribution in [1.82, 2.24) is 0 Å². The molecule has 0 spiro atoms. The Balaban J connectivity index is 1.49. The molecule has 0 radical (unpaired) electrons. The van der Waals surface area contributed by atoms with E-state index in [9.17, 15) is 30.6 Å². The lowest BCUT2D eigenvalue weighted by molar-refractivity contribution is -0.309. The van der Waals surface area contributed by atoms with Crippen LogP contribution in [0.1, 0.15) is 86.5 Å². The van der Waals surface area contributed by atoms with Crippen molar-refractivity contribution in [3.63, 3.8) is 0 Å². The van der Waals surface area contributed by atoms with Crippen molar-refractivity contribution in [3.05, 3.63) is 23.3 Å². The fraction of sp³-hybridized carbons (Fsp3) is 0.879. The maximum absolute atomic E-state index is 11.9. The standard InChI is InChI=1S/C33H54O8/c1-16(2)7-10-23(35)17(3)26-25(41-31-30(39)29(38)28(37)18(4)40-31)14-22-21-9-8-19-13-20(34)11-12-32(19,5)27(21)24(36)15-33(22,26)6/h7-8,17-18,20-31,34-39H,9-15H2,1-6H3/t17-,18+,20+,21+,22+,23+,24+,25+,26+,27-,28+,29-,30-,31+,32+,33+/m1/s1. The normalized spacial score (nSPS) is 51.1. The fourth-order valence-electron chi connectivity index (χ4n) is 9.99. The molecule has 41 heavy (non-hydrogen) atoms. The van der Waals surface area contributed by atoms with Crippen LogP contribution in [0.4, 0.5) is 0 Å². The Morgan fingerprint density at radius 2 is 1.83 bits per heavy atom. The molecule has 0 amide bonds. The van der Waals surface area contributed by atoms with E-state index in [1.165, 1.54) is 5.57 Å². The first-order chi connectivity index (χ1) is 19.2. The molecule has 0 aromatic heterocycles. The molecule has 4 aliphatic carbocycles. The van der Waals surface area contributed by atoms with Gasteiger partial charge in [-0.05, 0) is 106 Å². The van der Waals surface area contributed by atoms with Gasteiger partial charge in [0.25, 0.3) is 0 Å². The maximum Gasteiger partial charge on any atom is 0.186 e. The minimum atomic E-state index is -1.39. The summed E-state index contributed by atoms with van der Waals surface area (Å²) in [4.78, 5) is 0. The van der Waals surface area contributed by atoms with Crippen molar-refractivity contribution < 1.29 is 40.1 Å². The first-order valence-electron chi connectivity index (χ1n) is 15.9. The molecule has 6 N–H and O–H groups in total. The van der Waals surface area contributed by atoms with E-state index in [2.05, 4.69) is 32.9 Å². The molecular formula is C33H54O8. The predicted molar refractivity (Wildman–Crippen MR) is 154 cm³/mol. The average molecular weight is 579 g/mol. The van der Waals surface area contributed by atoms with Gasteiger partial charge in [-0.25, -0.2) is 0 Å². The third kappa shape index (κ3) is 5.39. The van der Waals surface area contributed by atoms with Crippen molar-refractivity contribution >= 4 is 0 Å². The van der Waals surface area contributed by atoms with Crippen LogP contribution in [0, 0.1) is 40.4 Å². The number of hydrogen-bond acceptors (Lipinski definition) is 8. The average Bonchev–Trinajstić information content (AvgIpc) is 3.19. The summed E-state index contributed by atoms with van der Waals surface area (Å²) in [6, 6.07) is 0. The van der Waals surface area contributed by atoms with Gasteiger partial charge in [0.2, 0.25) is 0 Å². The Labute approximate surface area is 245 Å². The summed E-state index contributed by atoms with van der Waals surface area (Å²) in [5, 5.41) is 65.3. The highest BCUT2D eigenvalue weighted by atomic mass is 16.7. The molecule has 8 nitrogen and oxygen atoms in total. The van der Waals surface area contributed by atoms with Crippen LogP contribution in [-0.4, -0.2) is 85.8 Å². The van der Waals surface area contributed by atoms with Crippen LogP contribution < -0.4 is 0 Å². The van der Waals surface area contributed by atoms with E-state index in [0.717, 1.165) is 24.8 Å². The van der Waals surface area contributed by atoms with Crippen molar-refractivity contribution in [3.8, 4) is 0 Å². The second-order valence-electron chi connectivity index (χ2n) is 14.9. The highest BCUT2D eigenvalue weighted by molar-refractivity contribution is 5.27. The molecule has 5 aliphatic rings. The third-order valence-corrected chi connectivity index (χ3v) is 12.2. The molecule has 5 rings (SSSR count). The lowest BCUT2D eigenvalue weighted by Gasteiger charge is -2.60. The molecule has 3 saturated carbocycles. The number of rotatable bonds is 6. The van der Waals surface area contributed by atoms with Crippen LogP contribution in [0.25, 0.3) is 0 Å². The molecule has 1 heterocycles. The topological polar surface area (TPSA) is 140 Å². The van der Waals surface area contributed by atoms with Crippen molar-refractivity contribution in [2.24, 2.45) is 40.4 Å². The minimum absolute atomic E-state index is 0.0897. The summed E-state index contributed by atoms with van der Waals surface area (Å²) in [5.41, 5.74) is 1.96. The second-order valence-corrected chi connectivity index (χ2v) is 14.9. The Morgan fingerprint density at radius 3 is 2.51 bits per heavy atom. The van der Waals surface area contributed by atoms with Crippen LogP contribution in [0.15, 0.2) is 23.3 Å². The number of aliphatic hydroxyl groups is 6. The monoisotopic (exact) mass is 578 g/mol. The van der Waals surface area contributed by atoms with Crippen molar-refractivity contribution in [1.29, 1.82) is 0 Å². The van der Waals surface area contributed by atoms with E-state index in [1.807, 2.05) is 13.8 Å². The van der Waals surface area contributed by atoms with Gasteiger partial charge in [0, 0.05) is 0 Å². The molecule has 0 bridgehead atoms. The zero-order chi connectivity index (χ0) is 30.0. The lowest BCUT2D eigenvalue weighted by Crippen LogP contribution is -2.58. The summed E-state index contributed by atoms with van der Waals surface area (Å²) in [7, 11) is 0. The number of allylic oxidation sites excluding steroid dienone is 2. The number of ether oxygens (including phenoxy) is 2. The molecule has 4 fully saturated rings. The zero-order valence-corrected chi connectivity index (χ0v) is 25.7. The summed E-state index contributed by atoms with van der Waals surface area (Å²) in [6.07, 6.45) is 1.76. The number of hydrogen-bond donors (Lipinski definition) is 6. The van der Waals surface area contributed by atoms with Crippen LogP contribution in [-0.2, 0) is 9.47 Å². The van der Waals surface area contributed by atoms with Crippen LogP contribution in [0.5, 0.6) is 0 Å². The predicted octanol–water partition coefficient (Wildman–Crippen LogP) is 3.07. The van der Waals surface area contributed by atoms with Gasteiger partial charge in [0.05, 0.1) is 30.5 Å². The van der Waals surface area contributed by atoms with Gasteiger partial charge in [-0.2, -0.15) is 0 Å². The quantitative estimate of drug-likeness (QED) is 0.264. The van der Waals surface area contributed by atoms with E-state index in [4.69, 9.17) is 9.47 Å². The van der Waals surface area contributed by atoms with Crippen molar-refractivity contribution in [2.45, 2.75) is 142 Å². The summed E-state index contributed by atoms with van der Waals surface area (Å²) in [6.45, 7) is 12.3. The Kier molecular flexibility index (Phi) is 8.92. The van der Waals surface area contributed by atoms with E-state index in [-0.39, 0.29) is 52.6 Å². The van der Waals surface area contributed by atoms with E-state index in [0.29, 0.717) is 25.7 Å². The van der Waals surface area contributed by atoms with Gasteiger partial charge in [0.15, 0.2) is 6.29 Å². The second kappa shape index (κ2) is 11.6. The van der Waals surface area contributed by atoms with E-state index in [1.54, 1.807) is 6.92 Å². The van der Waals surface area contributed by atoms with Gasteiger partial charge < -0.3 is 40.1 Å². The van der Waals surface area contributed by atoms with Gasteiger partial charge in [-0.3, -0.25) is 0 Å². The summed E-state index contributed by atoms with van der Waals surface area (Å²) >= 11 is 0. The van der Waals surface area contributed by atoms with Gasteiger partial charge in [-0.1, -0.05) is 44.1 Å². The summed E-state index contributed by atoms with van der Waals surface area (Å²) in [5.74, 6) is 0.267. The largest absolute Gasteiger partial charge is 0.393 e.